The third kappa shape index (κ3) is 6.69. The van der Waals surface area contributed by atoms with E-state index in [1.165, 1.54) is 13.2 Å². The van der Waals surface area contributed by atoms with Gasteiger partial charge in [-0.1, -0.05) is 6.58 Å². The van der Waals surface area contributed by atoms with Crippen LogP contribution in [0.3, 0.4) is 0 Å². The van der Waals surface area contributed by atoms with Crippen molar-refractivity contribution in [2.75, 3.05) is 25.6 Å². The second-order valence-corrected chi connectivity index (χ2v) is 6.82. The predicted octanol–water partition coefficient (Wildman–Crippen LogP) is 5.28. The normalized spacial score (nSPS) is 11.3. The average molecular weight is 464 g/mol. The van der Waals surface area contributed by atoms with Crippen molar-refractivity contribution in [2.24, 2.45) is 0 Å². The van der Waals surface area contributed by atoms with Crippen LogP contribution in [0, 0.1) is 6.92 Å². The highest BCUT2D eigenvalue weighted by molar-refractivity contribution is 5.71. The SMILES string of the molecule is C=C(OCC)c1cc(COCC(F)(F)F)nc(Nc2ccc(-c3cnc(C)o3)c(OC)c2)n1. The van der Waals surface area contributed by atoms with E-state index < -0.39 is 12.8 Å². The van der Waals surface area contributed by atoms with E-state index in [0.717, 1.165) is 0 Å². The van der Waals surface area contributed by atoms with E-state index in [2.05, 4.69) is 26.8 Å². The fourth-order valence-corrected chi connectivity index (χ4v) is 2.88. The Labute approximate surface area is 188 Å². The lowest BCUT2D eigenvalue weighted by Crippen LogP contribution is -2.17. The van der Waals surface area contributed by atoms with Crippen LogP contribution in [0.5, 0.6) is 5.75 Å². The Balaban J connectivity index is 1.87. The maximum Gasteiger partial charge on any atom is 0.411 e. The quantitative estimate of drug-likeness (QED) is 0.406. The van der Waals surface area contributed by atoms with Crippen LogP contribution < -0.4 is 10.1 Å². The molecular weight excluding hydrogens is 441 g/mol. The first-order chi connectivity index (χ1) is 15.7. The van der Waals surface area contributed by atoms with Gasteiger partial charge in [-0.2, -0.15) is 13.2 Å². The lowest BCUT2D eigenvalue weighted by Gasteiger charge is -2.13. The van der Waals surface area contributed by atoms with Gasteiger partial charge in [0, 0.05) is 18.7 Å². The number of hydrogen-bond acceptors (Lipinski definition) is 8. The smallest absolute Gasteiger partial charge is 0.411 e. The van der Waals surface area contributed by atoms with Crippen molar-refractivity contribution < 1.29 is 31.8 Å². The molecule has 0 saturated heterocycles. The number of anilines is 2. The standard InChI is InChI=1S/C22H23F3N4O4/c1-5-32-13(2)18-8-16(11-31-12-22(23,24)25)28-21(29-18)27-15-6-7-17(19(9-15)30-4)20-10-26-14(3)33-20/h6-10H,2,5,11-12H2,1,3-4H3,(H,27,28,29). The predicted molar refractivity (Wildman–Crippen MR) is 115 cm³/mol. The highest BCUT2D eigenvalue weighted by Gasteiger charge is 2.27. The molecular formula is C22H23F3N4O4. The van der Waals surface area contributed by atoms with Crippen LogP contribution in [-0.2, 0) is 16.1 Å². The molecule has 0 aliphatic rings. The van der Waals surface area contributed by atoms with Gasteiger partial charge >= 0.3 is 6.18 Å². The highest BCUT2D eigenvalue weighted by atomic mass is 19.4. The van der Waals surface area contributed by atoms with Gasteiger partial charge in [-0.25, -0.2) is 15.0 Å². The number of nitrogens with zero attached hydrogens (tertiary/aromatic N) is 3. The lowest BCUT2D eigenvalue weighted by molar-refractivity contribution is -0.176. The van der Waals surface area contributed by atoms with Crippen LogP contribution in [-0.4, -0.2) is 41.5 Å². The van der Waals surface area contributed by atoms with Crippen LogP contribution in [0.4, 0.5) is 24.8 Å². The molecule has 8 nitrogen and oxygen atoms in total. The molecule has 0 aliphatic heterocycles. The molecule has 0 radical (unpaired) electrons. The van der Waals surface area contributed by atoms with E-state index >= 15 is 0 Å². The monoisotopic (exact) mass is 464 g/mol. The molecule has 0 fully saturated rings. The van der Waals surface area contributed by atoms with E-state index in [4.69, 9.17) is 18.6 Å². The van der Waals surface area contributed by atoms with E-state index in [0.29, 0.717) is 41.0 Å². The second kappa shape index (κ2) is 10.3. The zero-order chi connectivity index (χ0) is 24.0. The van der Waals surface area contributed by atoms with E-state index in [1.54, 1.807) is 38.2 Å². The Hall–Kier alpha value is -3.60. The summed E-state index contributed by atoms with van der Waals surface area (Å²) in [5, 5.41) is 3.02. The summed E-state index contributed by atoms with van der Waals surface area (Å²) in [6, 6.07) is 6.70. The van der Waals surface area contributed by atoms with Gasteiger partial charge in [0.1, 0.15) is 23.8 Å². The molecule has 0 unspecified atom stereocenters. The van der Waals surface area contributed by atoms with Crippen molar-refractivity contribution in [2.45, 2.75) is 26.6 Å². The fourth-order valence-electron chi connectivity index (χ4n) is 2.88. The molecule has 176 valence electrons. The van der Waals surface area contributed by atoms with Crippen LogP contribution in [0.25, 0.3) is 17.1 Å². The van der Waals surface area contributed by atoms with Gasteiger partial charge in [-0.15, -0.1) is 0 Å². The van der Waals surface area contributed by atoms with E-state index in [9.17, 15) is 13.2 Å². The molecule has 0 atom stereocenters. The Morgan fingerprint density at radius 3 is 2.64 bits per heavy atom. The van der Waals surface area contributed by atoms with Crippen molar-refractivity contribution in [3.05, 3.63) is 54.3 Å². The summed E-state index contributed by atoms with van der Waals surface area (Å²) in [7, 11) is 1.52. The maximum absolute atomic E-state index is 12.4. The number of ether oxygens (including phenoxy) is 3. The highest BCUT2D eigenvalue weighted by Crippen LogP contribution is 2.33. The third-order valence-electron chi connectivity index (χ3n) is 4.24. The molecule has 1 N–H and O–H groups in total. The van der Waals surface area contributed by atoms with Gasteiger partial charge in [0.25, 0.3) is 0 Å². The number of aromatic nitrogens is 3. The minimum Gasteiger partial charge on any atom is -0.496 e. The molecule has 3 aromatic rings. The third-order valence-corrected chi connectivity index (χ3v) is 4.24. The zero-order valence-corrected chi connectivity index (χ0v) is 18.3. The molecule has 33 heavy (non-hydrogen) atoms. The van der Waals surface area contributed by atoms with Crippen molar-refractivity contribution in [3.63, 3.8) is 0 Å². The van der Waals surface area contributed by atoms with E-state index in [1.807, 2.05) is 0 Å². The number of aryl methyl sites for hydroxylation is 1. The summed E-state index contributed by atoms with van der Waals surface area (Å²) in [6.45, 7) is 5.92. The molecule has 2 aromatic heterocycles. The van der Waals surface area contributed by atoms with Crippen LogP contribution in [0.15, 0.2) is 41.5 Å². The summed E-state index contributed by atoms with van der Waals surface area (Å²) in [5.74, 6) is 1.97. The molecule has 0 bridgehead atoms. The Morgan fingerprint density at radius 1 is 1.21 bits per heavy atom. The molecule has 0 saturated carbocycles. The first kappa shape index (κ1) is 24.1. The minimum atomic E-state index is -4.44. The van der Waals surface area contributed by atoms with Crippen molar-refractivity contribution in [1.29, 1.82) is 0 Å². The van der Waals surface area contributed by atoms with Gasteiger partial charge in [0.05, 0.1) is 37.8 Å². The van der Waals surface area contributed by atoms with Gasteiger partial charge < -0.3 is 23.9 Å². The number of hydrogen-bond donors (Lipinski definition) is 1. The van der Waals surface area contributed by atoms with Gasteiger partial charge in [0.15, 0.2) is 11.7 Å². The summed E-state index contributed by atoms with van der Waals surface area (Å²) < 4.78 is 58.4. The van der Waals surface area contributed by atoms with Crippen molar-refractivity contribution in [1.82, 2.24) is 15.0 Å². The summed E-state index contributed by atoms with van der Waals surface area (Å²) >= 11 is 0. The molecule has 0 aliphatic carbocycles. The first-order valence-corrected chi connectivity index (χ1v) is 9.91. The zero-order valence-electron chi connectivity index (χ0n) is 18.3. The average Bonchev–Trinajstić information content (AvgIpc) is 3.18. The van der Waals surface area contributed by atoms with Crippen molar-refractivity contribution >= 4 is 17.4 Å². The Bertz CT molecular complexity index is 1120. The minimum absolute atomic E-state index is 0.129. The molecule has 11 heteroatoms. The second-order valence-electron chi connectivity index (χ2n) is 6.82. The fraction of sp³-hybridized carbons (Fsp3) is 0.318. The molecule has 2 heterocycles. The number of nitrogens with one attached hydrogen (secondary N) is 1. The molecule has 3 rings (SSSR count). The van der Waals surface area contributed by atoms with Crippen LogP contribution >= 0.6 is 0 Å². The number of oxazole rings is 1. The number of alkyl halides is 3. The summed E-state index contributed by atoms with van der Waals surface area (Å²) in [4.78, 5) is 12.7. The maximum atomic E-state index is 12.4. The molecule has 0 amide bonds. The number of methoxy groups -OCH3 is 1. The largest absolute Gasteiger partial charge is 0.496 e. The number of rotatable bonds is 10. The van der Waals surface area contributed by atoms with Crippen LogP contribution in [0.1, 0.15) is 24.2 Å². The summed E-state index contributed by atoms with van der Waals surface area (Å²) in [6.07, 6.45) is -2.84. The van der Waals surface area contributed by atoms with Crippen LogP contribution in [0.2, 0.25) is 0 Å². The Morgan fingerprint density at radius 2 is 2.00 bits per heavy atom. The lowest BCUT2D eigenvalue weighted by atomic mass is 10.1. The number of benzene rings is 1. The Kier molecular flexibility index (Phi) is 7.54. The van der Waals surface area contributed by atoms with Gasteiger partial charge in [-0.05, 0) is 25.1 Å². The van der Waals surface area contributed by atoms with Gasteiger partial charge in [-0.3, -0.25) is 0 Å². The summed E-state index contributed by atoms with van der Waals surface area (Å²) in [5.41, 5.74) is 1.83. The molecule has 0 spiro atoms. The van der Waals surface area contributed by atoms with Crippen molar-refractivity contribution in [3.8, 4) is 17.1 Å². The van der Waals surface area contributed by atoms with Gasteiger partial charge in [0.2, 0.25) is 5.95 Å². The van der Waals surface area contributed by atoms with E-state index in [-0.39, 0.29) is 24.0 Å². The molecule has 1 aromatic carbocycles. The first-order valence-electron chi connectivity index (χ1n) is 9.91. The number of halogens is 3. The topological polar surface area (TPSA) is 91.5 Å².